The summed E-state index contributed by atoms with van der Waals surface area (Å²) in [5.74, 6) is 0.562. The molecule has 0 N–H and O–H groups in total. The van der Waals surface area contributed by atoms with Crippen molar-refractivity contribution in [3.05, 3.63) is 89.0 Å². The monoisotopic (exact) mass is 475 g/mol. The average molecular weight is 476 g/mol. The number of piperazine rings is 1. The van der Waals surface area contributed by atoms with Crippen molar-refractivity contribution in [2.24, 2.45) is 0 Å². The predicted molar refractivity (Wildman–Crippen MR) is 128 cm³/mol. The SMILES string of the molecule is Cc1cc(C)cc(Oc2ccc(C#N)cc2S(=O)(=O)N2CCN(C(=O)c3ccccc3)CC2)c1. The normalized spacial score (nSPS) is 14.4. The van der Waals surface area contributed by atoms with Crippen molar-refractivity contribution >= 4 is 15.9 Å². The summed E-state index contributed by atoms with van der Waals surface area (Å²) in [6, 6.07) is 21.0. The summed E-state index contributed by atoms with van der Waals surface area (Å²) in [5.41, 5.74) is 2.79. The first-order valence-corrected chi connectivity index (χ1v) is 12.4. The largest absolute Gasteiger partial charge is 0.456 e. The fraction of sp³-hybridized carbons (Fsp3) is 0.231. The molecule has 1 heterocycles. The van der Waals surface area contributed by atoms with Gasteiger partial charge in [-0.15, -0.1) is 0 Å². The van der Waals surface area contributed by atoms with Crippen LogP contribution in [0.3, 0.4) is 0 Å². The van der Waals surface area contributed by atoms with E-state index in [1.165, 1.54) is 22.5 Å². The standard InChI is InChI=1S/C26H25N3O4S/c1-19-14-20(2)16-23(15-19)33-24-9-8-21(18-27)17-25(24)34(31,32)29-12-10-28(11-13-29)26(30)22-6-4-3-5-7-22/h3-9,14-17H,10-13H2,1-2H3. The molecule has 1 amide bonds. The molecule has 0 aliphatic carbocycles. The summed E-state index contributed by atoms with van der Waals surface area (Å²) >= 11 is 0. The maximum Gasteiger partial charge on any atom is 0.253 e. The lowest BCUT2D eigenvalue weighted by atomic mass is 10.1. The van der Waals surface area contributed by atoms with Crippen LogP contribution in [0.1, 0.15) is 27.0 Å². The number of sulfonamides is 1. The number of amides is 1. The topological polar surface area (TPSA) is 90.7 Å². The Morgan fingerprint density at radius 2 is 1.56 bits per heavy atom. The van der Waals surface area contributed by atoms with Crippen molar-refractivity contribution in [3.8, 4) is 17.6 Å². The van der Waals surface area contributed by atoms with Gasteiger partial charge in [-0.25, -0.2) is 8.42 Å². The van der Waals surface area contributed by atoms with E-state index in [0.29, 0.717) is 11.3 Å². The molecular formula is C26H25N3O4S. The average Bonchev–Trinajstić information content (AvgIpc) is 2.83. The van der Waals surface area contributed by atoms with Crippen LogP contribution in [-0.2, 0) is 10.0 Å². The molecule has 3 aromatic carbocycles. The van der Waals surface area contributed by atoms with Crippen LogP contribution in [0.25, 0.3) is 0 Å². The van der Waals surface area contributed by atoms with Gasteiger partial charge in [-0.05, 0) is 67.4 Å². The molecule has 0 radical (unpaired) electrons. The zero-order valence-corrected chi connectivity index (χ0v) is 19.9. The number of aryl methyl sites for hydroxylation is 2. The van der Waals surface area contributed by atoms with Crippen LogP contribution in [0.15, 0.2) is 71.6 Å². The van der Waals surface area contributed by atoms with Gasteiger partial charge in [-0.2, -0.15) is 9.57 Å². The first-order valence-electron chi connectivity index (χ1n) is 10.9. The Morgan fingerprint density at radius 1 is 0.912 bits per heavy atom. The third kappa shape index (κ3) is 4.96. The van der Waals surface area contributed by atoms with Crippen molar-refractivity contribution in [3.63, 3.8) is 0 Å². The molecule has 34 heavy (non-hydrogen) atoms. The number of nitriles is 1. The van der Waals surface area contributed by atoms with Crippen LogP contribution in [0.2, 0.25) is 0 Å². The van der Waals surface area contributed by atoms with Gasteiger partial charge in [-0.1, -0.05) is 24.3 Å². The first-order chi connectivity index (χ1) is 16.3. The second kappa shape index (κ2) is 9.67. The molecule has 7 nitrogen and oxygen atoms in total. The quantitative estimate of drug-likeness (QED) is 0.554. The molecule has 0 bridgehead atoms. The molecule has 0 unspecified atom stereocenters. The number of hydrogen-bond acceptors (Lipinski definition) is 5. The smallest absolute Gasteiger partial charge is 0.253 e. The van der Waals surface area contributed by atoms with Gasteiger partial charge >= 0.3 is 0 Å². The second-order valence-electron chi connectivity index (χ2n) is 8.26. The Kier molecular flexibility index (Phi) is 6.68. The molecule has 0 aromatic heterocycles. The Hall–Kier alpha value is -3.67. The van der Waals surface area contributed by atoms with Gasteiger partial charge in [0.1, 0.15) is 16.4 Å². The summed E-state index contributed by atoms with van der Waals surface area (Å²) in [5, 5.41) is 9.35. The van der Waals surface area contributed by atoms with Crippen LogP contribution in [-0.4, -0.2) is 49.7 Å². The highest BCUT2D eigenvalue weighted by molar-refractivity contribution is 7.89. The molecule has 0 spiro atoms. The number of rotatable bonds is 5. The van der Waals surface area contributed by atoms with Gasteiger partial charge in [0.05, 0.1) is 11.6 Å². The number of carbonyl (C=O) groups is 1. The van der Waals surface area contributed by atoms with E-state index in [4.69, 9.17) is 4.74 Å². The lowest BCUT2D eigenvalue weighted by Gasteiger charge is -2.34. The number of nitrogens with zero attached hydrogens (tertiary/aromatic N) is 3. The van der Waals surface area contributed by atoms with Crippen molar-refractivity contribution < 1.29 is 17.9 Å². The molecule has 174 valence electrons. The Bertz CT molecular complexity index is 1340. The molecule has 8 heteroatoms. The van der Waals surface area contributed by atoms with Gasteiger partial charge in [0.25, 0.3) is 5.91 Å². The van der Waals surface area contributed by atoms with Crippen molar-refractivity contribution in [2.75, 3.05) is 26.2 Å². The van der Waals surface area contributed by atoms with Crippen molar-refractivity contribution in [2.45, 2.75) is 18.7 Å². The zero-order chi connectivity index (χ0) is 24.3. The zero-order valence-electron chi connectivity index (χ0n) is 19.1. The maximum absolute atomic E-state index is 13.6. The Morgan fingerprint density at radius 3 is 2.18 bits per heavy atom. The molecule has 1 aliphatic rings. The third-order valence-electron chi connectivity index (χ3n) is 5.66. The molecule has 4 rings (SSSR count). The highest BCUT2D eigenvalue weighted by Crippen LogP contribution is 2.33. The Labute approximate surface area is 199 Å². The van der Waals surface area contributed by atoms with E-state index in [0.717, 1.165) is 11.1 Å². The van der Waals surface area contributed by atoms with E-state index in [1.807, 2.05) is 44.2 Å². The number of carbonyl (C=O) groups excluding carboxylic acids is 1. The molecule has 1 saturated heterocycles. The summed E-state index contributed by atoms with van der Waals surface area (Å²) < 4.78 is 34.5. The lowest BCUT2D eigenvalue weighted by molar-refractivity contribution is 0.0698. The van der Waals surface area contributed by atoms with Crippen LogP contribution < -0.4 is 4.74 Å². The van der Waals surface area contributed by atoms with Crippen LogP contribution in [0.4, 0.5) is 0 Å². The minimum absolute atomic E-state index is 0.0615. The number of hydrogen-bond donors (Lipinski definition) is 0. The van der Waals surface area contributed by atoms with Gasteiger partial charge in [0, 0.05) is 31.7 Å². The summed E-state index contributed by atoms with van der Waals surface area (Å²) in [7, 11) is -3.96. The molecule has 0 saturated carbocycles. The highest BCUT2D eigenvalue weighted by Gasteiger charge is 2.33. The van der Waals surface area contributed by atoms with Crippen molar-refractivity contribution in [1.29, 1.82) is 5.26 Å². The summed E-state index contributed by atoms with van der Waals surface area (Å²) in [4.78, 5) is 14.3. The van der Waals surface area contributed by atoms with E-state index in [9.17, 15) is 18.5 Å². The van der Waals surface area contributed by atoms with Crippen LogP contribution >= 0.6 is 0 Å². The first kappa shape index (κ1) is 23.5. The predicted octanol–water partition coefficient (Wildman–Crippen LogP) is 4.11. The van der Waals surface area contributed by atoms with Gasteiger partial charge in [0.2, 0.25) is 10.0 Å². The third-order valence-corrected chi connectivity index (χ3v) is 7.58. The maximum atomic E-state index is 13.6. The van der Waals surface area contributed by atoms with Gasteiger partial charge < -0.3 is 9.64 Å². The molecule has 1 fully saturated rings. The van der Waals surface area contributed by atoms with E-state index >= 15 is 0 Å². The van der Waals surface area contributed by atoms with Gasteiger partial charge in [0.15, 0.2) is 0 Å². The number of ether oxygens (including phenoxy) is 1. The minimum Gasteiger partial charge on any atom is -0.456 e. The highest BCUT2D eigenvalue weighted by atomic mass is 32.2. The second-order valence-corrected chi connectivity index (χ2v) is 10.2. The van der Waals surface area contributed by atoms with Crippen LogP contribution in [0, 0.1) is 25.2 Å². The molecule has 0 atom stereocenters. The lowest BCUT2D eigenvalue weighted by Crippen LogP contribution is -2.50. The summed E-state index contributed by atoms with van der Waals surface area (Å²) in [6.45, 7) is 4.73. The van der Waals surface area contributed by atoms with Crippen molar-refractivity contribution in [1.82, 2.24) is 9.21 Å². The number of benzene rings is 3. The van der Waals surface area contributed by atoms with E-state index < -0.39 is 10.0 Å². The van der Waals surface area contributed by atoms with E-state index in [2.05, 4.69) is 0 Å². The van der Waals surface area contributed by atoms with Gasteiger partial charge in [-0.3, -0.25) is 4.79 Å². The Balaban J connectivity index is 1.58. The van der Waals surface area contributed by atoms with Crippen LogP contribution in [0.5, 0.6) is 11.5 Å². The summed E-state index contributed by atoms with van der Waals surface area (Å²) in [6.07, 6.45) is 0. The fourth-order valence-electron chi connectivity index (χ4n) is 4.02. The molecule has 1 aliphatic heterocycles. The molecular weight excluding hydrogens is 450 g/mol. The fourth-order valence-corrected chi connectivity index (χ4v) is 5.58. The van der Waals surface area contributed by atoms with E-state index in [1.54, 1.807) is 29.2 Å². The minimum atomic E-state index is -3.96. The molecule has 3 aromatic rings. The van der Waals surface area contributed by atoms with E-state index in [-0.39, 0.29) is 48.3 Å².